The minimum absolute atomic E-state index is 0.00337. The zero-order valence-electron chi connectivity index (χ0n) is 9.99. The third-order valence-corrected chi connectivity index (χ3v) is 3.76. The van der Waals surface area contributed by atoms with Crippen molar-refractivity contribution >= 4 is 10.0 Å². The maximum absolute atomic E-state index is 12.0. The number of nitrogens with one attached hydrogen (secondary N) is 2. The first-order valence-corrected chi connectivity index (χ1v) is 6.95. The maximum atomic E-state index is 12.0. The average molecular weight is 278 g/mol. The summed E-state index contributed by atoms with van der Waals surface area (Å²) in [6.07, 6.45) is -1.92. The van der Waals surface area contributed by atoms with Crippen molar-refractivity contribution in [2.24, 2.45) is 0 Å². The Bertz CT molecular complexity index is 460. The van der Waals surface area contributed by atoms with E-state index < -0.39 is 23.0 Å². The number of hydrogen-bond acceptors (Lipinski definition) is 3. The maximum Gasteiger partial charge on any atom is 0.251 e. The van der Waals surface area contributed by atoms with E-state index in [0.29, 0.717) is 0 Å². The van der Waals surface area contributed by atoms with E-state index in [-0.39, 0.29) is 4.90 Å². The topological polar surface area (TPSA) is 58.2 Å². The molecule has 0 radical (unpaired) electrons. The van der Waals surface area contributed by atoms with Gasteiger partial charge in [0.15, 0.2) is 0 Å². The molecule has 0 aliphatic rings. The monoisotopic (exact) mass is 278 g/mol. The molecule has 0 saturated heterocycles. The van der Waals surface area contributed by atoms with Crippen molar-refractivity contribution in [1.29, 1.82) is 0 Å². The molecule has 18 heavy (non-hydrogen) atoms. The summed E-state index contributed by atoms with van der Waals surface area (Å²) in [5.41, 5.74) is 0.983. The zero-order valence-corrected chi connectivity index (χ0v) is 10.8. The van der Waals surface area contributed by atoms with Gasteiger partial charge in [-0.25, -0.2) is 21.9 Å². The van der Waals surface area contributed by atoms with Crippen molar-refractivity contribution in [3.05, 3.63) is 29.8 Å². The molecule has 0 amide bonds. The Kier molecular flexibility index (Phi) is 5.64. The molecular weight excluding hydrogens is 262 g/mol. The van der Waals surface area contributed by atoms with Gasteiger partial charge in [-0.3, -0.25) is 0 Å². The van der Waals surface area contributed by atoms with E-state index in [2.05, 4.69) is 5.32 Å². The highest BCUT2D eigenvalue weighted by Gasteiger charge is 2.15. The van der Waals surface area contributed by atoms with Gasteiger partial charge in [-0.1, -0.05) is 12.1 Å². The van der Waals surface area contributed by atoms with Crippen molar-refractivity contribution in [3.8, 4) is 0 Å². The summed E-state index contributed by atoms with van der Waals surface area (Å²) in [6.45, 7) is -0.0838. The zero-order chi connectivity index (χ0) is 13.6. The molecule has 0 saturated carbocycles. The molecule has 7 heteroatoms. The molecule has 0 unspecified atom stereocenters. The summed E-state index contributed by atoms with van der Waals surface area (Å²) in [7, 11) is -2.01. The smallest absolute Gasteiger partial charge is 0.251 e. The molecule has 0 fully saturated rings. The van der Waals surface area contributed by atoms with E-state index >= 15 is 0 Å². The molecule has 2 N–H and O–H groups in total. The van der Waals surface area contributed by atoms with E-state index in [9.17, 15) is 17.2 Å². The molecule has 0 spiro atoms. The van der Waals surface area contributed by atoms with Crippen LogP contribution in [-0.2, 0) is 16.4 Å². The van der Waals surface area contributed by atoms with Crippen molar-refractivity contribution in [2.45, 2.75) is 17.7 Å². The summed E-state index contributed by atoms with van der Waals surface area (Å²) < 4.78 is 49.0. The van der Waals surface area contributed by atoms with Crippen LogP contribution >= 0.6 is 0 Å². The Labute approximate surface area is 105 Å². The lowest BCUT2D eigenvalue weighted by Gasteiger charge is -2.07. The van der Waals surface area contributed by atoms with Crippen LogP contribution < -0.4 is 10.0 Å². The molecule has 0 bridgehead atoms. The predicted octanol–water partition coefficient (Wildman–Crippen LogP) is 0.992. The highest BCUT2D eigenvalue weighted by molar-refractivity contribution is 7.89. The van der Waals surface area contributed by atoms with Gasteiger partial charge >= 0.3 is 0 Å². The average Bonchev–Trinajstić information content (AvgIpc) is 2.34. The Morgan fingerprint density at radius 1 is 1.22 bits per heavy atom. The first kappa shape index (κ1) is 15.0. The minimum Gasteiger partial charge on any atom is -0.319 e. The Morgan fingerprint density at radius 3 is 2.33 bits per heavy atom. The van der Waals surface area contributed by atoms with E-state index in [0.717, 1.165) is 18.5 Å². The third kappa shape index (κ3) is 4.67. The van der Waals surface area contributed by atoms with Crippen LogP contribution in [0.25, 0.3) is 0 Å². The second kappa shape index (κ2) is 6.77. The molecule has 0 aliphatic carbocycles. The molecule has 0 aromatic heterocycles. The lowest BCUT2D eigenvalue weighted by molar-refractivity contribution is 0.153. The molecule has 1 aromatic rings. The molecular formula is C11H16F2N2O2S. The second-order valence-electron chi connectivity index (χ2n) is 3.74. The Hall–Kier alpha value is -1.05. The molecule has 1 rings (SSSR count). The molecule has 102 valence electrons. The fourth-order valence-corrected chi connectivity index (χ4v) is 2.37. The highest BCUT2D eigenvalue weighted by Crippen LogP contribution is 2.11. The quantitative estimate of drug-likeness (QED) is 0.782. The van der Waals surface area contributed by atoms with Gasteiger partial charge in [0.2, 0.25) is 10.0 Å². The van der Waals surface area contributed by atoms with Crippen LogP contribution in [0.5, 0.6) is 0 Å². The van der Waals surface area contributed by atoms with E-state index in [1.165, 1.54) is 12.1 Å². The highest BCUT2D eigenvalue weighted by atomic mass is 32.2. The SMILES string of the molecule is CNCCc1ccc(S(=O)(=O)NCC(F)F)cc1. The van der Waals surface area contributed by atoms with Crippen LogP contribution in [0, 0.1) is 0 Å². The van der Waals surface area contributed by atoms with Crippen LogP contribution in [0.15, 0.2) is 29.2 Å². The molecule has 0 aliphatic heterocycles. The van der Waals surface area contributed by atoms with Crippen LogP contribution in [0.2, 0.25) is 0 Å². The largest absolute Gasteiger partial charge is 0.319 e. The second-order valence-corrected chi connectivity index (χ2v) is 5.51. The minimum atomic E-state index is -3.84. The summed E-state index contributed by atoms with van der Waals surface area (Å²) >= 11 is 0. The first-order valence-electron chi connectivity index (χ1n) is 5.47. The molecule has 0 heterocycles. The lowest BCUT2D eigenvalue weighted by atomic mass is 10.1. The summed E-state index contributed by atoms with van der Waals surface area (Å²) in [5.74, 6) is 0. The van der Waals surface area contributed by atoms with Crippen molar-refractivity contribution in [3.63, 3.8) is 0 Å². The van der Waals surface area contributed by atoms with Gasteiger partial charge in [0.05, 0.1) is 11.4 Å². The Morgan fingerprint density at radius 2 is 1.83 bits per heavy atom. The van der Waals surface area contributed by atoms with Crippen molar-refractivity contribution < 1.29 is 17.2 Å². The Balaban J connectivity index is 2.71. The lowest BCUT2D eigenvalue weighted by Crippen LogP contribution is -2.28. The van der Waals surface area contributed by atoms with E-state index in [4.69, 9.17) is 0 Å². The van der Waals surface area contributed by atoms with Crippen LogP contribution in [-0.4, -0.2) is 35.0 Å². The number of alkyl halides is 2. The summed E-state index contributed by atoms with van der Waals surface area (Å²) in [5, 5.41) is 2.98. The van der Waals surface area contributed by atoms with Crippen LogP contribution in [0.1, 0.15) is 5.56 Å². The van der Waals surface area contributed by atoms with Gasteiger partial charge in [0.25, 0.3) is 6.43 Å². The van der Waals surface area contributed by atoms with Crippen molar-refractivity contribution in [1.82, 2.24) is 10.0 Å². The molecule has 1 aromatic carbocycles. The van der Waals surface area contributed by atoms with Gasteiger partial charge in [0.1, 0.15) is 0 Å². The van der Waals surface area contributed by atoms with E-state index in [1.807, 2.05) is 11.8 Å². The predicted molar refractivity (Wildman–Crippen MR) is 65.3 cm³/mol. The van der Waals surface area contributed by atoms with Gasteiger partial charge in [0, 0.05) is 0 Å². The van der Waals surface area contributed by atoms with Crippen LogP contribution in [0.3, 0.4) is 0 Å². The third-order valence-electron chi connectivity index (χ3n) is 2.32. The van der Waals surface area contributed by atoms with Gasteiger partial charge in [-0.05, 0) is 37.7 Å². The number of rotatable bonds is 7. The summed E-state index contributed by atoms with van der Waals surface area (Å²) in [4.78, 5) is -0.00337. The number of sulfonamides is 1. The van der Waals surface area contributed by atoms with Gasteiger partial charge in [-0.2, -0.15) is 0 Å². The van der Waals surface area contributed by atoms with Gasteiger partial charge in [-0.15, -0.1) is 0 Å². The van der Waals surface area contributed by atoms with E-state index in [1.54, 1.807) is 12.1 Å². The van der Waals surface area contributed by atoms with Crippen LogP contribution in [0.4, 0.5) is 8.78 Å². The molecule has 0 atom stereocenters. The number of benzene rings is 1. The fraction of sp³-hybridized carbons (Fsp3) is 0.455. The number of hydrogen-bond donors (Lipinski definition) is 2. The van der Waals surface area contributed by atoms with Gasteiger partial charge < -0.3 is 5.32 Å². The standard InChI is InChI=1S/C11H16F2N2O2S/c1-14-7-6-9-2-4-10(5-3-9)18(16,17)15-8-11(12)13/h2-5,11,14-15H,6-8H2,1H3. The van der Waals surface area contributed by atoms with Crippen molar-refractivity contribution in [2.75, 3.05) is 20.1 Å². The molecule has 4 nitrogen and oxygen atoms in total. The number of halogens is 2. The summed E-state index contributed by atoms with van der Waals surface area (Å²) in [6, 6.07) is 6.18. The fourth-order valence-electron chi connectivity index (χ4n) is 1.36. The normalized spacial score (nSPS) is 12.0. The number of likely N-dealkylation sites (N-methyl/N-ethyl adjacent to an activating group) is 1. The first-order chi connectivity index (χ1) is 8.45.